The third kappa shape index (κ3) is 40.9. The van der Waals surface area contributed by atoms with Crippen LogP contribution in [0.25, 0.3) is 0 Å². The van der Waals surface area contributed by atoms with Crippen molar-refractivity contribution in [1.29, 1.82) is 0 Å². The van der Waals surface area contributed by atoms with Crippen LogP contribution in [0.1, 0.15) is 89.5 Å². The molecular weight excluding hydrogens is 1020 g/mol. The minimum atomic E-state index is 1.07. The van der Waals surface area contributed by atoms with E-state index in [1.807, 2.05) is 222 Å². The summed E-state index contributed by atoms with van der Waals surface area (Å²) < 4.78 is 1.89. The maximum Gasteiger partial charge on any atom is 0.0943 e. The van der Waals surface area contributed by atoms with Crippen LogP contribution in [0.5, 0.6) is 0 Å². The highest BCUT2D eigenvalue weighted by molar-refractivity contribution is 7.09. The van der Waals surface area contributed by atoms with Gasteiger partial charge in [0.1, 0.15) is 0 Å². The topological polar surface area (TPSA) is 147 Å². The van der Waals surface area contributed by atoms with Gasteiger partial charge in [0.2, 0.25) is 0 Å². The Morgan fingerprint density at radius 2 is 0.938 bits per heavy atom. The van der Waals surface area contributed by atoms with Crippen LogP contribution >= 0.6 is 22.7 Å². The summed E-state index contributed by atoms with van der Waals surface area (Å²) in [6.45, 7) is 32.3. The fourth-order valence-corrected chi connectivity index (χ4v) is 6.58. The van der Waals surface area contributed by atoms with E-state index in [-0.39, 0.29) is 0 Å². The number of aryl methyl sites for hydroxylation is 17. The number of nitrogens with zero attached hydrogens (tertiary/aromatic N) is 12. The second kappa shape index (κ2) is 43.6. The number of pyridine rings is 8. The number of thiazole rings is 2. The molecule has 11 rings (SSSR count). The summed E-state index contributed by atoms with van der Waals surface area (Å²) in [6.07, 6.45) is 23.5. The molecule has 0 atom stereocenters. The first-order chi connectivity index (χ1) is 38.2. The van der Waals surface area contributed by atoms with Crippen molar-refractivity contribution in [2.24, 2.45) is 7.05 Å². The molecule has 0 unspecified atom stereocenters. The van der Waals surface area contributed by atoms with E-state index in [1.165, 1.54) is 38.9 Å². The molecule has 0 saturated carbocycles. The quantitative estimate of drug-likeness (QED) is 0.143. The van der Waals surface area contributed by atoms with E-state index in [2.05, 4.69) is 112 Å². The van der Waals surface area contributed by atoms with Crippen molar-refractivity contribution < 1.29 is 0 Å². The van der Waals surface area contributed by atoms with Gasteiger partial charge in [0, 0.05) is 138 Å². The third-order valence-electron chi connectivity index (χ3n) is 9.89. The monoisotopic (exact) mass is 1110 g/mol. The van der Waals surface area contributed by atoms with Gasteiger partial charge in [-0.1, -0.05) is 30.3 Å². The van der Waals surface area contributed by atoms with Gasteiger partial charge in [-0.25, -0.2) is 4.98 Å². The lowest BCUT2D eigenvalue weighted by Gasteiger charge is -1.96. The van der Waals surface area contributed by atoms with Crippen molar-refractivity contribution in [1.82, 2.24) is 59.4 Å². The average Bonchev–Trinajstić information content (AvgIpc) is 4.25. The lowest BCUT2D eigenvalue weighted by molar-refractivity contribution is 0.913. The van der Waals surface area contributed by atoms with Crippen molar-refractivity contribution in [2.75, 3.05) is 0 Å². The molecule has 11 aromatic heterocycles. The van der Waals surface area contributed by atoms with Crippen molar-refractivity contribution in [3.8, 4) is 0 Å². The number of imidazole rings is 1. The van der Waals surface area contributed by atoms with Crippen LogP contribution in [0, 0.1) is 111 Å². The van der Waals surface area contributed by atoms with Crippen LogP contribution in [-0.2, 0) is 7.05 Å². The molecule has 0 saturated heterocycles. The highest BCUT2D eigenvalue weighted by Crippen LogP contribution is 2.03. The average molecular weight is 1110 g/mol. The summed E-state index contributed by atoms with van der Waals surface area (Å²) in [6, 6.07) is 34.1. The molecule has 0 aromatic carbocycles. The lowest BCUT2D eigenvalue weighted by atomic mass is 10.2. The Morgan fingerprint density at radius 3 is 1.20 bits per heavy atom. The van der Waals surface area contributed by atoms with Crippen LogP contribution < -0.4 is 0 Å². The van der Waals surface area contributed by atoms with E-state index in [0.717, 1.165) is 50.6 Å². The molecular formula is C66H84N12S2. The molecule has 0 amide bonds. The Kier molecular flexibility index (Phi) is 38.0. The standard InChI is InChI=1S/C8H11N.4C7H9N.3C6H7N.C4H6N2.2C4H5NS/c1-6-4-7(2)9-8(3)5-6;1-6-3-4-8-7(2)5-6;2*1-6-3-4-7(2)8-5-6;1-6-4-3-5-8-7(6)2;1-6-2-4-7-5-3-6;1-6-3-2-4-7-5-6;1-6-4-2-3-5-7-6;1-6-3-2-5-4-6;1-4-2-6-3-5-4;1-4-5-2-3-6-4/h4-5H,1-3H3;4*3-5H,1-2H3;3*2-5H,1H3;2-4H,1H3;2*2-3H,1H3. The summed E-state index contributed by atoms with van der Waals surface area (Å²) in [5, 5.41) is 5.12. The zero-order valence-corrected chi connectivity index (χ0v) is 51.9. The van der Waals surface area contributed by atoms with Gasteiger partial charge >= 0.3 is 0 Å². The van der Waals surface area contributed by atoms with Crippen LogP contribution in [0.2, 0.25) is 0 Å². The summed E-state index contributed by atoms with van der Waals surface area (Å²) in [5.74, 6) is 0. The van der Waals surface area contributed by atoms with E-state index in [0.29, 0.717) is 0 Å². The zero-order valence-electron chi connectivity index (χ0n) is 50.2. The third-order valence-corrected chi connectivity index (χ3v) is 11.3. The van der Waals surface area contributed by atoms with Crippen molar-refractivity contribution in [3.63, 3.8) is 0 Å². The molecule has 0 aliphatic carbocycles. The Balaban J connectivity index is 0.000000441. The van der Waals surface area contributed by atoms with Crippen LogP contribution in [0.15, 0.2) is 200 Å². The molecule has 80 heavy (non-hydrogen) atoms. The zero-order chi connectivity index (χ0) is 59.3. The van der Waals surface area contributed by atoms with Gasteiger partial charge in [-0.2, -0.15) is 0 Å². The van der Waals surface area contributed by atoms with Crippen LogP contribution in [0.4, 0.5) is 0 Å². The molecule has 420 valence electrons. The molecule has 0 fully saturated rings. The number of aromatic nitrogens is 12. The first kappa shape index (κ1) is 69.7. The van der Waals surface area contributed by atoms with Crippen LogP contribution in [-0.4, -0.2) is 59.4 Å². The van der Waals surface area contributed by atoms with Gasteiger partial charge in [-0.05, 0) is 223 Å². The maximum absolute atomic E-state index is 4.23. The van der Waals surface area contributed by atoms with E-state index < -0.39 is 0 Å². The van der Waals surface area contributed by atoms with Crippen LogP contribution in [0.3, 0.4) is 0 Å². The highest BCUT2D eigenvalue weighted by Gasteiger charge is 1.90. The number of rotatable bonds is 0. The smallest absolute Gasteiger partial charge is 0.0943 e. The number of hydrogen-bond acceptors (Lipinski definition) is 13. The van der Waals surface area contributed by atoms with Gasteiger partial charge in [0.15, 0.2) is 0 Å². The predicted molar refractivity (Wildman–Crippen MR) is 337 cm³/mol. The second-order valence-corrected chi connectivity index (χ2v) is 20.0. The fourth-order valence-electron chi connectivity index (χ4n) is 5.59. The van der Waals surface area contributed by atoms with E-state index in [9.17, 15) is 0 Å². The number of hydrogen-bond donors (Lipinski definition) is 0. The molecule has 0 N–H and O–H groups in total. The van der Waals surface area contributed by atoms with Gasteiger partial charge in [-0.15, -0.1) is 22.7 Å². The van der Waals surface area contributed by atoms with Gasteiger partial charge in [0.25, 0.3) is 0 Å². The molecule has 0 aliphatic heterocycles. The second-order valence-electron chi connectivity index (χ2n) is 18.2. The predicted octanol–water partition coefficient (Wildman–Crippen LogP) is 16.3. The Bertz CT molecular complexity index is 2800. The summed E-state index contributed by atoms with van der Waals surface area (Å²) in [5.41, 5.74) is 19.3. The minimum absolute atomic E-state index is 1.07. The Morgan fingerprint density at radius 1 is 0.362 bits per heavy atom. The van der Waals surface area contributed by atoms with Crippen molar-refractivity contribution in [3.05, 3.63) is 290 Å². The fraction of sp³-hybridized carbons (Fsp3) is 0.258. The molecule has 11 heterocycles. The van der Waals surface area contributed by atoms with Gasteiger partial charge in [-0.3, -0.25) is 49.8 Å². The van der Waals surface area contributed by atoms with Gasteiger partial charge in [0.05, 0.1) is 16.8 Å². The summed E-state index contributed by atoms with van der Waals surface area (Å²) in [4.78, 5) is 43.9. The van der Waals surface area contributed by atoms with Crippen molar-refractivity contribution in [2.45, 2.75) is 111 Å². The molecule has 0 bridgehead atoms. The maximum atomic E-state index is 4.23. The van der Waals surface area contributed by atoms with E-state index >= 15 is 0 Å². The first-order valence-electron chi connectivity index (χ1n) is 25.9. The molecule has 0 spiro atoms. The summed E-state index contributed by atoms with van der Waals surface area (Å²) in [7, 11) is 1.94. The first-order valence-corrected chi connectivity index (χ1v) is 27.8. The van der Waals surface area contributed by atoms with E-state index in [4.69, 9.17) is 0 Å². The Labute approximate surface area is 486 Å². The SMILES string of the molecule is Cc1cc(C)nc(C)c1.Cc1ccc(C)nc1.Cc1ccc(C)nc1.Cc1ccccn1.Cc1cccnc1.Cc1cccnc1C.Cc1ccnc(C)c1.Cc1ccncc1.Cc1cscn1.Cc1nccs1.Cn1ccnc1. The molecule has 12 nitrogen and oxygen atoms in total. The lowest BCUT2D eigenvalue weighted by Crippen LogP contribution is -1.85. The van der Waals surface area contributed by atoms with Crippen molar-refractivity contribution >= 4 is 22.7 Å². The van der Waals surface area contributed by atoms with E-state index in [1.54, 1.807) is 66.2 Å². The molecule has 0 aliphatic rings. The molecule has 11 aromatic rings. The molecule has 0 radical (unpaired) electrons. The largest absolute Gasteiger partial charge is 0.341 e. The summed E-state index contributed by atoms with van der Waals surface area (Å²) >= 11 is 3.30. The normalized spacial score (nSPS) is 9.06. The Hall–Kier alpha value is -8.33. The highest BCUT2D eigenvalue weighted by atomic mass is 32.1. The minimum Gasteiger partial charge on any atom is -0.341 e. The van der Waals surface area contributed by atoms with Gasteiger partial charge < -0.3 is 4.57 Å². The molecule has 14 heteroatoms.